The van der Waals surface area contributed by atoms with Crippen LogP contribution in [0.5, 0.6) is 0 Å². The van der Waals surface area contributed by atoms with E-state index in [0.29, 0.717) is 5.92 Å². The van der Waals surface area contributed by atoms with Crippen LogP contribution >= 0.6 is 0 Å². The molecule has 0 N–H and O–H groups in total. The summed E-state index contributed by atoms with van der Waals surface area (Å²) >= 11 is 0. The van der Waals surface area contributed by atoms with Crippen molar-refractivity contribution < 1.29 is 0 Å². The summed E-state index contributed by atoms with van der Waals surface area (Å²) in [5.41, 5.74) is 2.69. The van der Waals surface area contributed by atoms with Gasteiger partial charge in [-0.1, -0.05) is 55.0 Å². The first-order chi connectivity index (χ1) is 6.74. The van der Waals surface area contributed by atoms with Crippen molar-refractivity contribution >= 4 is 6.08 Å². The number of hydrogen-bond donors (Lipinski definition) is 0. The van der Waals surface area contributed by atoms with E-state index >= 15 is 0 Å². The van der Waals surface area contributed by atoms with E-state index in [1.165, 1.54) is 11.1 Å². The first-order valence-electron chi connectivity index (χ1n) is 5.08. The Bertz CT molecular complexity index is 306. The van der Waals surface area contributed by atoms with Gasteiger partial charge in [0.1, 0.15) is 0 Å². The molecular weight excluding hydrogens is 168 g/mol. The highest BCUT2D eigenvalue weighted by Gasteiger charge is 2.00. The summed E-state index contributed by atoms with van der Waals surface area (Å²) < 4.78 is 0. The standard InChI is InChI=1S/C14H18/c1-4-8-12(2)13(3)11-14-9-6-5-7-10-14/h4-7,9-12H,1,8H2,2-3H3/b13-11+. The summed E-state index contributed by atoms with van der Waals surface area (Å²) in [4.78, 5) is 0. The van der Waals surface area contributed by atoms with Crippen molar-refractivity contribution in [3.63, 3.8) is 0 Å². The summed E-state index contributed by atoms with van der Waals surface area (Å²) in [5, 5.41) is 0. The predicted molar refractivity (Wildman–Crippen MR) is 64.1 cm³/mol. The fourth-order valence-electron chi connectivity index (χ4n) is 1.39. The van der Waals surface area contributed by atoms with E-state index in [2.05, 4.69) is 50.8 Å². The fourth-order valence-corrected chi connectivity index (χ4v) is 1.39. The van der Waals surface area contributed by atoms with Crippen molar-refractivity contribution in [1.29, 1.82) is 0 Å². The van der Waals surface area contributed by atoms with Crippen molar-refractivity contribution in [2.24, 2.45) is 5.92 Å². The van der Waals surface area contributed by atoms with Crippen molar-refractivity contribution in [2.75, 3.05) is 0 Å². The number of hydrogen-bond acceptors (Lipinski definition) is 0. The van der Waals surface area contributed by atoms with Gasteiger partial charge in [0, 0.05) is 0 Å². The van der Waals surface area contributed by atoms with Crippen LogP contribution in [0.4, 0.5) is 0 Å². The Labute approximate surface area is 87.0 Å². The van der Waals surface area contributed by atoms with Crippen LogP contribution in [0.1, 0.15) is 25.8 Å². The molecule has 1 aromatic carbocycles. The van der Waals surface area contributed by atoms with Gasteiger partial charge in [0.05, 0.1) is 0 Å². The van der Waals surface area contributed by atoms with Crippen molar-refractivity contribution in [1.82, 2.24) is 0 Å². The summed E-state index contributed by atoms with van der Waals surface area (Å²) in [6.45, 7) is 8.18. The topological polar surface area (TPSA) is 0 Å². The molecule has 0 spiro atoms. The van der Waals surface area contributed by atoms with E-state index in [1.54, 1.807) is 0 Å². The van der Waals surface area contributed by atoms with Crippen LogP contribution in [0.15, 0.2) is 48.6 Å². The first kappa shape index (κ1) is 10.8. The molecule has 0 saturated carbocycles. The SMILES string of the molecule is C=CCC(C)/C(C)=C/c1ccccc1. The molecule has 0 bridgehead atoms. The minimum atomic E-state index is 0.590. The third-order valence-electron chi connectivity index (χ3n) is 2.49. The number of allylic oxidation sites excluding steroid dienone is 2. The van der Waals surface area contributed by atoms with Crippen LogP contribution in [-0.4, -0.2) is 0 Å². The molecule has 0 saturated heterocycles. The van der Waals surface area contributed by atoms with Gasteiger partial charge in [-0.05, 0) is 24.8 Å². The summed E-state index contributed by atoms with van der Waals surface area (Å²) in [6.07, 6.45) is 5.27. The molecule has 0 aliphatic carbocycles. The molecule has 1 atom stereocenters. The average molecular weight is 186 g/mol. The molecule has 14 heavy (non-hydrogen) atoms. The number of benzene rings is 1. The van der Waals surface area contributed by atoms with E-state index in [-0.39, 0.29) is 0 Å². The zero-order chi connectivity index (χ0) is 10.4. The lowest BCUT2D eigenvalue weighted by molar-refractivity contribution is 0.701. The maximum atomic E-state index is 3.76. The second-order valence-electron chi connectivity index (χ2n) is 3.72. The van der Waals surface area contributed by atoms with Crippen LogP contribution in [0.3, 0.4) is 0 Å². The highest BCUT2D eigenvalue weighted by atomic mass is 14.1. The van der Waals surface area contributed by atoms with Crippen molar-refractivity contribution in [3.8, 4) is 0 Å². The van der Waals surface area contributed by atoms with Crippen LogP contribution < -0.4 is 0 Å². The second kappa shape index (κ2) is 5.43. The Balaban J connectivity index is 2.73. The van der Waals surface area contributed by atoms with Gasteiger partial charge in [-0.3, -0.25) is 0 Å². The maximum absolute atomic E-state index is 3.76. The largest absolute Gasteiger partial charge is 0.103 e. The molecule has 1 unspecified atom stereocenters. The smallest absolute Gasteiger partial charge is 0.0197 e. The van der Waals surface area contributed by atoms with E-state index in [0.717, 1.165) is 6.42 Å². The molecule has 0 nitrogen and oxygen atoms in total. The molecule has 1 aromatic rings. The van der Waals surface area contributed by atoms with Crippen LogP contribution in [0, 0.1) is 5.92 Å². The Kier molecular flexibility index (Phi) is 4.18. The molecule has 1 rings (SSSR count). The lowest BCUT2D eigenvalue weighted by Crippen LogP contribution is -1.93. The third kappa shape index (κ3) is 3.21. The van der Waals surface area contributed by atoms with E-state index < -0.39 is 0 Å². The first-order valence-corrected chi connectivity index (χ1v) is 5.08. The normalized spacial score (nSPS) is 13.7. The molecule has 0 radical (unpaired) electrons. The molecular formula is C14H18. The van der Waals surface area contributed by atoms with Gasteiger partial charge >= 0.3 is 0 Å². The fraction of sp³-hybridized carbons (Fsp3) is 0.286. The van der Waals surface area contributed by atoms with Crippen molar-refractivity contribution in [2.45, 2.75) is 20.3 Å². The minimum absolute atomic E-state index is 0.590. The zero-order valence-corrected chi connectivity index (χ0v) is 9.03. The van der Waals surface area contributed by atoms with Crippen LogP contribution in [0.2, 0.25) is 0 Å². The molecule has 0 heteroatoms. The van der Waals surface area contributed by atoms with Gasteiger partial charge in [0.15, 0.2) is 0 Å². The Morgan fingerprint density at radius 1 is 1.36 bits per heavy atom. The van der Waals surface area contributed by atoms with E-state index in [9.17, 15) is 0 Å². The van der Waals surface area contributed by atoms with E-state index in [4.69, 9.17) is 0 Å². The maximum Gasteiger partial charge on any atom is -0.0197 e. The van der Waals surface area contributed by atoms with Crippen molar-refractivity contribution in [3.05, 3.63) is 54.1 Å². The highest BCUT2D eigenvalue weighted by Crippen LogP contribution is 2.17. The molecule has 0 aromatic heterocycles. The Morgan fingerprint density at radius 2 is 2.00 bits per heavy atom. The molecule has 0 aliphatic heterocycles. The predicted octanol–water partition coefficient (Wildman–Crippen LogP) is 4.30. The van der Waals surface area contributed by atoms with E-state index in [1.807, 2.05) is 12.1 Å². The molecule has 0 amide bonds. The minimum Gasteiger partial charge on any atom is -0.103 e. The van der Waals surface area contributed by atoms with Crippen LogP contribution in [-0.2, 0) is 0 Å². The second-order valence-corrected chi connectivity index (χ2v) is 3.72. The molecule has 74 valence electrons. The quantitative estimate of drug-likeness (QED) is 0.615. The Morgan fingerprint density at radius 3 is 2.57 bits per heavy atom. The highest BCUT2D eigenvalue weighted by molar-refractivity contribution is 5.52. The van der Waals surface area contributed by atoms with Crippen LogP contribution in [0.25, 0.3) is 6.08 Å². The molecule has 0 fully saturated rings. The van der Waals surface area contributed by atoms with Gasteiger partial charge in [0.25, 0.3) is 0 Å². The monoisotopic (exact) mass is 186 g/mol. The average Bonchev–Trinajstić information content (AvgIpc) is 2.19. The van der Waals surface area contributed by atoms with Gasteiger partial charge in [-0.2, -0.15) is 0 Å². The Hall–Kier alpha value is -1.30. The summed E-state index contributed by atoms with van der Waals surface area (Å²) in [7, 11) is 0. The lowest BCUT2D eigenvalue weighted by Gasteiger charge is -2.09. The summed E-state index contributed by atoms with van der Waals surface area (Å²) in [5.74, 6) is 0.590. The van der Waals surface area contributed by atoms with Gasteiger partial charge in [-0.25, -0.2) is 0 Å². The molecule has 0 aliphatic rings. The van der Waals surface area contributed by atoms with Gasteiger partial charge in [0.2, 0.25) is 0 Å². The summed E-state index contributed by atoms with van der Waals surface area (Å²) in [6, 6.07) is 10.4. The number of rotatable bonds is 4. The van der Waals surface area contributed by atoms with Gasteiger partial charge in [-0.15, -0.1) is 6.58 Å². The third-order valence-corrected chi connectivity index (χ3v) is 2.49. The zero-order valence-electron chi connectivity index (χ0n) is 9.03. The lowest BCUT2D eigenvalue weighted by atomic mass is 9.97. The molecule has 0 heterocycles. The van der Waals surface area contributed by atoms with Gasteiger partial charge < -0.3 is 0 Å².